The monoisotopic (exact) mass is 269 g/mol. The van der Waals surface area contributed by atoms with Crippen LogP contribution in [0.2, 0.25) is 0 Å². The molecule has 0 radical (unpaired) electrons. The minimum absolute atomic E-state index is 0.525. The Balaban J connectivity index is 1.80. The molecule has 1 atom stereocenters. The fourth-order valence-corrected chi connectivity index (χ4v) is 3.88. The minimum atomic E-state index is 0.525. The number of benzene rings is 1. The van der Waals surface area contributed by atoms with Gasteiger partial charge in [0.2, 0.25) is 0 Å². The van der Waals surface area contributed by atoms with Crippen molar-refractivity contribution in [2.75, 3.05) is 0 Å². The lowest BCUT2D eigenvalue weighted by molar-refractivity contribution is 0.656. The first-order valence-electron chi connectivity index (χ1n) is 7.06. The van der Waals surface area contributed by atoms with Crippen LogP contribution in [0.4, 0.5) is 0 Å². The average molecular weight is 269 g/mol. The molecule has 1 heterocycles. The van der Waals surface area contributed by atoms with Gasteiger partial charge < -0.3 is 0 Å². The van der Waals surface area contributed by atoms with Crippen molar-refractivity contribution in [3.8, 4) is 0 Å². The number of hydrogen-bond donors (Lipinski definition) is 0. The molecule has 1 aromatic carbocycles. The number of hydrogen-bond acceptors (Lipinski definition) is 2. The summed E-state index contributed by atoms with van der Waals surface area (Å²) in [6, 6.07) is 13.3. The van der Waals surface area contributed by atoms with Crippen molar-refractivity contribution in [1.82, 2.24) is 4.98 Å². The first-order valence-corrected chi connectivity index (χ1v) is 7.94. The Labute approximate surface area is 119 Å². The molecule has 1 unspecified atom stereocenters. The van der Waals surface area contributed by atoms with E-state index in [1.54, 1.807) is 0 Å². The molecule has 2 heteroatoms. The molecule has 0 N–H and O–H groups in total. The van der Waals surface area contributed by atoms with Crippen LogP contribution in [-0.2, 0) is 12.8 Å². The van der Waals surface area contributed by atoms with Gasteiger partial charge in [0.15, 0.2) is 0 Å². The first-order chi connectivity index (χ1) is 9.36. The van der Waals surface area contributed by atoms with E-state index < -0.39 is 0 Å². The molecule has 1 aliphatic carbocycles. The van der Waals surface area contributed by atoms with Gasteiger partial charge in [-0.3, -0.25) is 4.98 Å². The van der Waals surface area contributed by atoms with Crippen molar-refractivity contribution in [2.45, 2.75) is 42.8 Å². The zero-order valence-corrected chi connectivity index (χ0v) is 12.1. The largest absolute Gasteiger partial charge is 0.260 e. The van der Waals surface area contributed by atoms with E-state index >= 15 is 0 Å². The number of thioether (sulfide) groups is 1. The number of nitrogens with zero attached hydrogens (tertiary/aromatic N) is 1. The molecule has 19 heavy (non-hydrogen) atoms. The van der Waals surface area contributed by atoms with E-state index in [-0.39, 0.29) is 0 Å². The Morgan fingerprint density at radius 1 is 1.21 bits per heavy atom. The Morgan fingerprint density at radius 3 is 2.84 bits per heavy atom. The second kappa shape index (κ2) is 5.79. The highest BCUT2D eigenvalue weighted by Crippen LogP contribution is 2.42. The van der Waals surface area contributed by atoms with Crippen molar-refractivity contribution in [3.63, 3.8) is 0 Å². The molecule has 1 nitrogen and oxygen atoms in total. The number of aryl methyl sites for hydroxylation is 2. The van der Waals surface area contributed by atoms with Crippen LogP contribution >= 0.6 is 11.8 Å². The maximum Gasteiger partial charge on any atom is 0.0569 e. The zero-order valence-electron chi connectivity index (χ0n) is 11.3. The van der Waals surface area contributed by atoms with Gasteiger partial charge >= 0.3 is 0 Å². The summed E-state index contributed by atoms with van der Waals surface area (Å²) in [7, 11) is 0. The first kappa shape index (κ1) is 12.7. The summed E-state index contributed by atoms with van der Waals surface area (Å²) in [6.45, 7) is 2.20. The van der Waals surface area contributed by atoms with Crippen LogP contribution in [0, 0.1) is 0 Å². The van der Waals surface area contributed by atoms with E-state index in [2.05, 4.69) is 48.3 Å². The molecule has 0 spiro atoms. The van der Waals surface area contributed by atoms with Gasteiger partial charge in [0.25, 0.3) is 0 Å². The second-order valence-corrected chi connectivity index (χ2v) is 6.32. The van der Waals surface area contributed by atoms with Crippen LogP contribution < -0.4 is 0 Å². The molecule has 0 bridgehead atoms. The number of rotatable bonds is 3. The molecular weight excluding hydrogens is 250 g/mol. The molecule has 0 aliphatic heterocycles. The molecule has 1 aliphatic rings. The van der Waals surface area contributed by atoms with E-state index in [1.165, 1.54) is 41.0 Å². The number of pyridine rings is 1. The van der Waals surface area contributed by atoms with Crippen molar-refractivity contribution in [1.29, 1.82) is 0 Å². The van der Waals surface area contributed by atoms with E-state index in [4.69, 9.17) is 0 Å². The maximum atomic E-state index is 4.61. The lowest BCUT2D eigenvalue weighted by Gasteiger charge is -2.23. The predicted octanol–water partition coefficient (Wildman–Crippen LogP) is 4.81. The fourth-order valence-electron chi connectivity index (χ4n) is 2.65. The Bertz CT molecular complexity index is 547. The zero-order chi connectivity index (χ0) is 13.1. The second-order valence-electron chi connectivity index (χ2n) is 5.04. The van der Waals surface area contributed by atoms with E-state index in [0.717, 1.165) is 6.42 Å². The molecule has 0 fully saturated rings. The predicted molar refractivity (Wildman–Crippen MR) is 81.6 cm³/mol. The Kier molecular flexibility index (Phi) is 3.88. The van der Waals surface area contributed by atoms with Crippen LogP contribution in [0.25, 0.3) is 0 Å². The molecule has 0 amide bonds. The van der Waals surface area contributed by atoms with Gasteiger partial charge in [-0.05, 0) is 55.0 Å². The van der Waals surface area contributed by atoms with Crippen molar-refractivity contribution in [3.05, 3.63) is 59.4 Å². The third-order valence-corrected chi connectivity index (χ3v) is 5.04. The van der Waals surface area contributed by atoms with Crippen molar-refractivity contribution < 1.29 is 0 Å². The minimum Gasteiger partial charge on any atom is -0.260 e. The standard InChI is InChI=1S/C17H19NS/c1-2-13-8-10-15(11-9-13)19-16-7-3-5-14-6-4-12-18-17(14)16/h4,6,8-12,16H,2-3,5,7H2,1H3. The number of aromatic nitrogens is 1. The topological polar surface area (TPSA) is 12.9 Å². The molecule has 0 saturated carbocycles. The van der Waals surface area contributed by atoms with Gasteiger partial charge in [-0.15, -0.1) is 11.8 Å². The summed E-state index contributed by atoms with van der Waals surface area (Å²) in [6.07, 6.45) is 6.75. The summed E-state index contributed by atoms with van der Waals surface area (Å²) in [5.41, 5.74) is 4.15. The van der Waals surface area contributed by atoms with Crippen molar-refractivity contribution >= 4 is 11.8 Å². The van der Waals surface area contributed by atoms with Gasteiger partial charge in [-0.1, -0.05) is 25.1 Å². The van der Waals surface area contributed by atoms with Gasteiger partial charge in [0.1, 0.15) is 0 Å². The fraction of sp³-hybridized carbons (Fsp3) is 0.353. The summed E-state index contributed by atoms with van der Waals surface area (Å²) in [5.74, 6) is 0. The van der Waals surface area contributed by atoms with Gasteiger partial charge in [-0.25, -0.2) is 0 Å². The molecule has 1 aromatic heterocycles. The SMILES string of the molecule is CCc1ccc(SC2CCCc3cccnc32)cc1. The quantitative estimate of drug-likeness (QED) is 0.792. The summed E-state index contributed by atoms with van der Waals surface area (Å²) >= 11 is 1.96. The molecular formula is C17H19NS. The maximum absolute atomic E-state index is 4.61. The number of fused-ring (bicyclic) bond motifs is 1. The van der Waals surface area contributed by atoms with E-state index in [0.29, 0.717) is 5.25 Å². The van der Waals surface area contributed by atoms with E-state index in [9.17, 15) is 0 Å². The third-order valence-electron chi connectivity index (χ3n) is 3.75. The highest BCUT2D eigenvalue weighted by atomic mass is 32.2. The van der Waals surface area contributed by atoms with Gasteiger partial charge in [0, 0.05) is 11.1 Å². The van der Waals surface area contributed by atoms with Crippen LogP contribution in [0.1, 0.15) is 41.8 Å². The summed E-state index contributed by atoms with van der Waals surface area (Å²) in [5, 5.41) is 0.525. The van der Waals surface area contributed by atoms with E-state index in [1.807, 2.05) is 18.0 Å². The van der Waals surface area contributed by atoms with Crippen LogP contribution in [-0.4, -0.2) is 4.98 Å². The Hall–Kier alpha value is -1.28. The molecule has 3 rings (SSSR count). The van der Waals surface area contributed by atoms with Gasteiger partial charge in [-0.2, -0.15) is 0 Å². The molecule has 2 aromatic rings. The van der Waals surface area contributed by atoms with Crippen molar-refractivity contribution in [2.24, 2.45) is 0 Å². The Morgan fingerprint density at radius 2 is 2.05 bits per heavy atom. The smallest absolute Gasteiger partial charge is 0.0569 e. The summed E-state index contributed by atoms with van der Waals surface area (Å²) < 4.78 is 0. The summed E-state index contributed by atoms with van der Waals surface area (Å²) in [4.78, 5) is 5.97. The normalized spacial score (nSPS) is 18.1. The van der Waals surface area contributed by atoms with Crippen LogP contribution in [0.5, 0.6) is 0 Å². The third kappa shape index (κ3) is 2.84. The average Bonchev–Trinajstić information content (AvgIpc) is 2.48. The highest BCUT2D eigenvalue weighted by Gasteiger charge is 2.21. The highest BCUT2D eigenvalue weighted by molar-refractivity contribution is 7.99. The van der Waals surface area contributed by atoms with Crippen LogP contribution in [0.15, 0.2) is 47.5 Å². The molecule has 0 saturated heterocycles. The lowest BCUT2D eigenvalue weighted by atomic mass is 9.96. The van der Waals surface area contributed by atoms with Gasteiger partial charge in [0.05, 0.1) is 10.9 Å². The molecule has 98 valence electrons. The lowest BCUT2D eigenvalue weighted by Crippen LogP contribution is -2.09. The van der Waals surface area contributed by atoms with Crippen LogP contribution in [0.3, 0.4) is 0 Å².